The second-order valence-electron chi connectivity index (χ2n) is 4.53. The predicted octanol–water partition coefficient (Wildman–Crippen LogP) is 0.809. The smallest absolute Gasteiger partial charge is 0.251 e. The largest absolute Gasteiger partial charge is 0.384 e. The quantitative estimate of drug-likeness (QED) is 0.655. The molecule has 7 heteroatoms. The molecule has 1 amide bonds. The summed E-state index contributed by atoms with van der Waals surface area (Å²) in [7, 11) is 1.76. The minimum atomic E-state index is -0.162. The van der Waals surface area contributed by atoms with E-state index in [4.69, 9.17) is 5.73 Å². The van der Waals surface area contributed by atoms with Gasteiger partial charge in [0.2, 0.25) is 0 Å². The van der Waals surface area contributed by atoms with Crippen molar-refractivity contribution in [2.45, 2.75) is 6.54 Å². The van der Waals surface area contributed by atoms with E-state index >= 15 is 0 Å². The molecule has 102 valence electrons. The van der Waals surface area contributed by atoms with E-state index in [9.17, 15) is 4.79 Å². The summed E-state index contributed by atoms with van der Waals surface area (Å²) >= 11 is 0. The standard InChI is InChI=1S/C13H14N6O/c1-19-12(14)10(7-17-19)5-15-13(20)8-2-3-9-6-16-18-11(9)4-8/h2-4,6-7H,5,14H2,1H3,(H,15,20)(H,16,18). The van der Waals surface area contributed by atoms with Gasteiger partial charge in [-0.3, -0.25) is 14.6 Å². The molecule has 20 heavy (non-hydrogen) atoms. The van der Waals surface area contributed by atoms with Gasteiger partial charge in [0.15, 0.2) is 0 Å². The molecule has 4 N–H and O–H groups in total. The summed E-state index contributed by atoms with van der Waals surface area (Å²) in [6.07, 6.45) is 3.36. The molecule has 7 nitrogen and oxygen atoms in total. The highest BCUT2D eigenvalue weighted by molar-refractivity contribution is 5.97. The van der Waals surface area contributed by atoms with Crippen molar-refractivity contribution in [1.29, 1.82) is 0 Å². The van der Waals surface area contributed by atoms with Gasteiger partial charge in [0, 0.05) is 30.1 Å². The molecule has 0 saturated heterocycles. The molecule has 3 aromatic rings. The first kappa shape index (κ1) is 12.2. The number of anilines is 1. The van der Waals surface area contributed by atoms with Crippen molar-refractivity contribution in [2.75, 3.05) is 5.73 Å². The Morgan fingerprint density at radius 1 is 1.45 bits per heavy atom. The summed E-state index contributed by atoms with van der Waals surface area (Å²) in [5.74, 6) is 0.388. The third-order valence-electron chi connectivity index (χ3n) is 3.21. The Labute approximate surface area is 114 Å². The average molecular weight is 270 g/mol. The monoisotopic (exact) mass is 270 g/mol. The number of carbonyl (C=O) groups is 1. The van der Waals surface area contributed by atoms with Crippen molar-refractivity contribution in [2.24, 2.45) is 7.05 Å². The predicted molar refractivity (Wildman–Crippen MR) is 74.9 cm³/mol. The Kier molecular flexibility index (Phi) is 2.86. The van der Waals surface area contributed by atoms with Crippen LogP contribution in [0.25, 0.3) is 10.9 Å². The Morgan fingerprint density at radius 3 is 3.05 bits per heavy atom. The van der Waals surface area contributed by atoms with E-state index < -0.39 is 0 Å². The van der Waals surface area contributed by atoms with Gasteiger partial charge >= 0.3 is 0 Å². The summed E-state index contributed by atoms with van der Waals surface area (Å²) in [6.45, 7) is 0.347. The first-order valence-corrected chi connectivity index (χ1v) is 6.13. The fraction of sp³-hybridized carbons (Fsp3) is 0.154. The van der Waals surface area contributed by atoms with Crippen LogP contribution in [0, 0.1) is 0 Å². The molecule has 0 radical (unpaired) electrons. The molecule has 0 bridgehead atoms. The summed E-state index contributed by atoms with van der Waals surface area (Å²) in [6, 6.07) is 5.39. The summed E-state index contributed by atoms with van der Waals surface area (Å²) < 4.78 is 1.57. The van der Waals surface area contributed by atoms with Crippen molar-refractivity contribution in [3.05, 3.63) is 41.7 Å². The van der Waals surface area contributed by atoms with Crippen molar-refractivity contribution >= 4 is 22.6 Å². The maximum absolute atomic E-state index is 12.1. The highest BCUT2D eigenvalue weighted by atomic mass is 16.1. The van der Waals surface area contributed by atoms with Gasteiger partial charge in [0.25, 0.3) is 5.91 Å². The van der Waals surface area contributed by atoms with Crippen LogP contribution < -0.4 is 11.1 Å². The number of hydrogen-bond donors (Lipinski definition) is 3. The number of carbonyl (C=O) groups excluding carboxylic acids is 1. The van der Waals surface area contributed by atoms with Crippen LogP contribution in [-0.2, 0) is 13.6 Å². The fourth-order valence-corrected chi connectivity index (χ4v) is 1.98. The number of aromatic nitrogens is 4. The maximum Gasteiger partial charge on any atom is 0.251 e. The third-order valence-corrected chi connectivity index (χ3v) is 3.21. The molecule has 0 fully saturated rings. The number of nitrogens with two attached hydrogens (primary N) is 1. The normalized spacial score (nSPS) is 10.8. The number of nitrogen functional groups attached to an aromatic ring is 1. The van der Waals surface area contributed by atoms with Crippen LogP contribution in [0.4, 0.5) is 5.82 Å². The van der Waals surface area contributed by atoms with Gasteiger partial charge in [0.1, 0.15) is 5.82 Å². The number of H-pyrrole nitrogens is 1. The number of hydrogen-bond acceptors (Lipinski definition) is 4. The van der Waals surface area contributed by atoms with E-state index in [1.807, 2.05) is 6.07 Å². The Hall–Kier alpha value is -2.83. The highest BCUT2D eigenvalue weighted by Gasteiger charge is 2.09. The highest BCUT2D eigenvalue weighted by Crippen LogP contribution is 2.13. The second-order valence-corrected chi connectivity index (χ2v) is 4.53. The average Bonchev–Trinajstić information content (AvgIpc) is 3.04. The number of benzene rings is 1. The fourth-order valence-electron chi connectivity index (χ4n) is 1.98. The van der Waals surface area contributed by atoms with Gasteiger partial charge in [-0.2, -0.15) is 10.2 Å². The van der Waals surface area contributed by atoms with Gasteiger partial charge in [0.05, 0.1) is 17.9 Å². The minimum absolute atomic E-state index is 0.162. The zero-order valence-corrected chi connectivity index (χ0v) is 10.9. The van der Waals surface area contributed by atoms with E-state index in [-0.39, 0.29) is 5.91 Å². The van der Waals surface area contributed by atoms with E-state index in [0.717, 1.165) is 16.5 Å². The lowest BCUT2D eigenvalue weighted by Gasteiger charge is -2.05. The van der Waals surface area contributed by atoms with Crippen LogP contribution in [0.15, 0.2) is 30.6 Å². The summed E-state index contributed by atoms with van der Waals surface area (Å²) in [5.41, 5.74) is 8.02. The van der Waals surface area contributed by atoms with Gasteiger partial charge in [-0.1, -0.05) is 6.07 Å². The van der Waals surface area contributed by atoms with Gasteiger partial charge < -0.3 is 11.1 Å². The number of nitrogens with one attached hydrogen (secondary N) is 2. The molecule has 0 spiro atoms. The number of aromatic amines is 1. The lowest BCUT2D eigenvalue weighted by Crippen LogP contribution is -2.23. The molecule has 2 heterocycles. The Bertz CT molecular complexity index is 772. The topological polar surface area (TPSA) is 102 Å². The maximum atomic E-state index is 12.1. The molecule has 0 aliphatic carbocycles. The number of nitrogens with zero attached hydrogens (tertiary/aromatic N) is 3. The molecule has 0 atom stereocenters. The third kappa shape index (κ3) is 2.09. The Morgan fingerprint density at radius 2 is 2.30 bits per heavy atom. The summed E-state index contributed by atoms with van der Waals surface area (Å²) in [5, 5.41) is 14.6. The number of amides is 1. The molecule has 0 unspecified atom stereocenters. The van der Waals surface area contributed by atoms with Crippen molar-refractivity contribution in [3.63, 3.8) is 0 Å². The van der Waals surface area contributed by atoms with E-state index in [2.05, 4.69) is 20.6 Å². The van der Waals surface area contributed by atoms with Crippen LogP contribution in [0.5, 0.6) is 0 Å². The summed E-state index contributed by atoms with van der Waals surface area (Å²) in [4.78, 5) is 12.1. The lowest BCUT2D eigenvalue weighted by atomic mass is 10.1. The molecular formula is C13H14N6O. The Balaban J connectivity index is 1.74. The van der Waals surface area contributed by atoms with Crippen molar-refractivity contribution < 1.29 is 4.79 Å². The first-order valence-electron chi connectivity index (χ1n) is 6.13. The van der Waals surface area contributed by atoms with E-state index in [1.165, 1.54) is 0 Å². The zero-order chi connectivity index (χ0) is 14.1. The van der Waals surface area contributed by atoms with Crippen LogP contribution >= 0.6 is 0 Å². The van der Waals surface area contributed by atoms with Gasteiger partial charge in [-0.15, -0.1) is 0 Å². The SMILES string of the molecule is Cn1ncc(CNC(=O)c2ccc3cn[nH]c3c2)c1N. The van der Waals surface area contributed by atoms with Crippen LogP contribution in [0.2, 0.25) is 0 Å². The second kappa shape index (κ2) is 4.69. The molecule has 3 rings (SSSR count). The van der Waals surface area contributed by atoms with E-state index in [1.54, 1.807) is 36.3 Å². The van der Waals surface area contributed by atoms with E-state index in [0.29, 0.717) is 17.9 Å². The zero-order valence-electron chi connectivity index (χ0n) is 10.9. The minimum Gasteiger partial charge on any atom is -0.384 e. The molecule has 0 saturated carbocycles. The lowest BCUT2D eigenvalue weighted by molar-refractivity contribution is 0.0951. The van der Waals surface area contributed by atoms with Crippen molar-refractivity contribution in [1.82, 2.24) is 25.3 Å². The van der Waals surface area contributed by atoms with Crippen LogP contribution in [0.3, 0.4) is 0 Å². The van der Waals surface area contributed by atoms with Crippen molar-refractivity contribution in [3.8, 4) is 0 Å². The molecule has 0 aliphatic rings. The number of aryl methyl sites for hydroxylation is 1. The molecule has 1 aromatic carbocycles. The number of rotatable bonds is 3. The van der Waals surface area contributed by atoms with Crippen LogP contribution in [0.1, 0.15) is 15.9 Å². The van der Waals surface area contributed by atoms with Gasteiger partial charge in [-0.25, -0.2) is 0 Å². The first-order chi connectivity index (χ1) is 9.65. The van der Waals surface area contributed by atoms with Gasteiger partial charge in [-0.05, 0) is 12.1 Å². The molecular weight excluding hydrogens is 256 g/mol. The van der Waals surface area contributed by atoms with Crippen LogP contribution in [-0.4, -0.2) is 25.9 Å². The molecule has 0 aliphatic heterocycles. The number of fused-ring (bicyclic) bond motifs is 1. The molecule has 2 aromatic heterocycles.